The molecule has 0 N–H and O–H groups in total. The monoisotopic (exact) mass is 287 g/mol. The molecule has 0 atom stereocenters. The molecule has 0 saturated carbocycles. The van der Waals surface area contributed by atoms with Crippen LogP contribution >= 0.6 is 11.3 Å². The second-order valence-electron chi connectivity index (χ2n) is 3.59. The van der Waals surface area contributed by atoms with Crippen molar-refractivity contribution in [2.24, 2.45) is 0 Å². The lowest BCUT2D eigenvalue weighted by Crippen LogP contribution is -2.03. The van der Waals surface area contributed by atoms with E-state index in [4.69, 9.17) is 4.74 Å². The molecule has 19 heavy (non-hydrogen) atoms. The number of halogens is 3. The SMILES string of the molecule is COc1ccc(C(=O)c2cnc(C(F)(F)F)s2)cc1. The van der Waals surface area contributed by atoms with E-state index in [0.29, 0.717) is 17.1 Å². The minimum atomic E-state index is -4.52. The number of carbonyl (C=O) groups excluding carboxylic acids is 1. The van der Waals surface area contributed by atoms with Crippen LogP contribution in [-0.4, -0.2) is 17.9 Å². The van der Waals surface area contributed by atoms with E-state index in [1.165, 1.54) is 19.2 Å². The second-order valence-corrected chi connectivity index (χ2v) is 4.62. The number of alkyl halides is 3. The van der Waals surface area contributed by atoms with Crippen LogP contribution < -0.4 is 4.74 Å². The molecule has 1 aromatic carbocycles. The lowest BCUT2D eigenvalue weighted by molar-refractivity contribution is -0.137. The first-order chi connectivity index (χ1) is 8.91. The summed E-state index contributed by atoms with van der Waals surface area (Å²) < 4.78 is 42.1. The van der Waals surface area contributed by atoms with Crippen molar-refractivity contribution in [2.45, 2.75) is 6.18 Å². The maximum atomic E-state index is 12.4. The molecule has 0 saturated heterocycles. The van der Waals surface area contributed by atoms with Crippen LogP contribution in [-0.2, 0) is 6.18 Å². The highest BCUT2D eigenvalue weighted by molar-refractivity contribution is 7.13. The number of rotatable bonds is 3. The highest BCUT2D eigenvalue weighted by Gasteiger charge is 2.35. The molecule has 0 unspecified atom stereocenters. The minimum absolute atomic E-state index is 0.0440. The summed E-state index contributed by atoms with van der Waals surface area (Å²) in [5.41, 5.74) is 0.290. The Morgan fingerprint density at radius 1 is 1.26 bits per heavy atom. The highest BCUT2D eigenvalue weighted by atomic mass is 32.1. The van der Waals surface area contributed by atoms with E-state index in [2.05, 4.69) is 4.98 Å². The van der Waals surface area contributed by atoms with E-state index >= 15 is 0 Å². The molecule has 0 aliphatic heterocycles. The third-order valence-electron chi connectivity index (χ3n) is 2.32. The molecular formula is C12H8F3NO2S. The molecule has 3 nitrogen and oxygen atoms in total. The van der Waals surface area contributed by atoms with Gasteiger partial charge in [-0.25, -0.2) is 4.98 Å². The molecular weight excluding hydrogens is 279 g/mol. The summed E-state index contributed by atoms with van der Waals surface area (Å²) in [7, 11) is 1.48. The molecule has 0 amide bonds. The second kappa shape index (κ2) is 5.00. The van der Waals surface area contributed by atoms with Crippen LogP contribution in [0.3, 0.4) is 0 Å². The number of hydrogen-bond acceptors (Lipinski definition) is 4. The van der Waals surface area contributed by atoms with Crippen LogP contribution in [0.15, 0.2) is 30.5 Å². The number of nitrogens with zero attached hydrogens (tertiary/aromatic N) is 1. The molecule has 1 heterocycles. The van der Waals surface area contributed by atoms with Crippen LogP contribution in [0.5, 0.6) is 5.75 Å². The van der Waals surface area contributed by atoms with Crippen molar-refractivity contribution in [1.82, 2.24) is 4.98 Å². The Kier molecular flexibility index (Phi) is 3.57. The number of benzene rings is 1. The first kappa shape index (κ1) is 13.5. The highest BCUT2D eigenvalue weighted by Crippen LogP contribution is 2.33. The molecule has 100 valence electrons. The quantitative estimate of drug-likeness (QED) is 0.812. The van der Waals surface area contributed by atoms with Gasteiger partial charge in [-0.3, -0.25) is 4.79 Å². The number of thiazole rings is 1. The van der Waals surface area contributed by atoms with Crippen molar-refractivity contribution in [1.29, 1.82) is 0 Å². The van der Waals surface area contributed by atoms with E-state index in [1.54, 1.807) is 12.1 Å². The van der Waals surface area contributed by atoms with Crippen molar-refractivity contribution >= 4 is 17.1 Å². The fourth-order valence-electron chi connectivity index (χ4n) is 1.39. The van der Waals surface area contributed by atoms with Gasteiger partial charge in [0.25, 0.3) is 0 Å². The summed E-state index contributed by atoms with van der Waals surface area (Å²) in [6, 6.07) is 6.13. The van der Waals surface area contributed by atoms with E-state index in [0.717, 1.165) is 6.20 Å². The zero-order chi connectivity index (χ0) is 14.0. The molecule has 0 radical (unpaired) electrons. The number of methoxy groups -OCH3 is 1. The van der Waals surface area contributed by atoms with Gasteiger partial charge in [0.2, 0.25) is 5.78 Å². The number of aromatic nitrogens is 1. The predicted molar refractivity (Wildman–Crippen MR) is 63.5 cm³/mol. The largest absolute Gasteiger partial charge is 0.497 e. The van der Waals surface area contributed by atoms with E-state index in [9.17, 15) is 18.0 Å². The summed E-state index contributed by atoms with van der Waals surface area (Å²) in [6.45, 7) is 0. The van der Waals surface area contributed by atoms with Crippen LogP contribution in [0, 0.1) is 0 Å². The summed E-state index contributed by atoms with van der Waals surface area (Å²) >= 11 is 0.336. The molecule has 0 aliphatic carbocycles. The van der Waals surface area contributed by atoms with Gasteiger partial charge in [-0.05, 0) is 24.3 Å². The van der Waals surface area contributed by atoms with Crippen LogP contribution in [0.2, 0.25) is 0 Å². The fourth-order valence-corrected chi connectivity index (χ4v) is 2.14. The molecule has 0 bridgehead atoms. The van der Waals surface area contributed by atoms with E-state index < -0.39 is 17.0 Å². The Labute approximate surface area is 110 Å². The Morgan fingerprint density at radius 2 is 1.89 bits per heavy atom. The average molecular weight is 287 g/mol. The minimum Gasteiger partial charge on any atom is -0.497 e. The van der Waals surface area contributed by atoms with Gasteiger partial charge in [-0.2, -0.15) is 13.2 Å². The number of ether oxygens (including phenoxy) is 1. The molecule has 2 rings (SSSR count). The number of hydrogen-bond donors (Lipinski definition) is 0. The maximum absolute atomic E-state index is 12.4. The van der Waals surface area contributed by atoms with Gasteiger partial charge in [-0.15, -0.1) is 11.3 Å². The standard InChI is InChI=1S/C12H8F3NO2S/c1-18-8-4-2-7(3-5-8)10(17)9-6-16-11(19-9)12(13,14)15/h2-6H,1H3. The van der Waals surface area contributed by atoms with E-state index in [1.807, 2.05) is 0 Å². The third kappa shape index (κ3) is 2.93. The average Bonchev–Trinajstić information content (AvgIpc) is 2.87. The van der Waals surface area contributed by atoms with Crippen molar-refractivity contribution in [3.05, 3.63) is 45.9 Å². The van der Waals surface area contributed by atoms with Gasteiger partial charge in [0.05, 0.1) is 12.0 Å². The van der Waals surface area contributed by atoms with Gasteiger partial charge in [0, 0.05) is 11.8 Å². The summed E-state index contributed by atoms with van der Waals surface area (Å²) in [5, 5.41) is -1.02. The van der Waals surface area contributed by atoms with Gasteiger partial charge in [0.15, 0.2) is 5.01 Å². The molecule has 0 aliphatic rings. The van der Waals surface area contributed by atoms with Crippen LogP contribution in [0.4, 0.5) is 13.2 Å². The smallest absolute Gasteiger partial charge is 0.443 e. The molecule has 2 aromatic rings. The summed E-state index contributed by atoms with van der Waals surface area (Å²) in [4.78, 5) is 15.1. The molecule has 7 heteroatoms. The predicted octanol–water partition coefficient (Wildman–Crippen LogP) is 3.40. The Bertz CT molecular complexity index is 590. The van der Waals surface area contributed by atoms with E-state index in [-0.39, 0.29) is 10.4 Å². The Hall–Kier alpha value is -1.89. The molecule has 1 aromatic heterocycles. The first-order valence-corrected chi connectivity index (χ1v) is 5.95. The first-order valence-electron chi connectivity index (χ1n) is 5.13. The van der Waals surface area contributed by atoms with Crippen molar-refractivity contribution < 1.29 is 22.7 Å². The lowest BCUT2D eigenvalue weighted by atomic mass is 10.1. The van der Waals surface area contributed by atoms with Crippen molar-refractivity contribution in [3.63, 3.8) is 0 Å². The van der Waals surface area contributed by atoms with Crippen molar-refractivity contribution in [2.75, 3.05) is 7.11 Å². The number of ketones is 1. The zero-order valence-electron chi connectivity index (χ0n) is 9.69. The fraction of sp³-hybridized carbons (Fsp3) is 0.167. The van der Waals surface area contributed by atoms with Gasteiger partial charge >= 0.3 is 6.18 Å². The zero-order valence-corrected chi connectivity index (χ0v) is 10.5. The molecule has 0 spiro atoms. The summed E-state index contributed by atoms with van der Waals surface area (Å²) in [5.74, 6) is 0.0764. The maximum Gasteiger partial charge on any atom is 0.443 e. The normalized spacial score (nSPS) is 11.4. The van der Waals surface area contributed by atoms with Crippen molar-refractivity contribution in [3.8, 4) is 5.75 Å². The Morgan fingerprint density at radius 3 is 2.37 bits per heavy atom. The van der Waals surface area contributed by atoms with Gasteiger partial charge < -0.3 is 4.74 Å². The van der Waals surface area contributed by atoms with Crippen LogP contribution in [0.25, 0.3) is 0 Å². The lowest BCUT2D eigenvalue weighted by Gasteiger charge is -2.01. The third-order valence-corrected chi connectivity index (χ3v) is 3.37. The van der Waals surface area contributed by atoms with Gasteiger partial charge in [0.1, 0.15) is 5.75 Å². The van der Waals surface area contributed by atoms with Crippen LogP contribution in [0.1, 0.15) is 20.2 Å². The molecule has 0 fully saturated rings. The topological polar surface area (TPSA) is 39.2 Å². The summed E-state index contributed by atoms with van der Waals surface area (Å²) in [6.07, 6.45) is -3.58. The van der Waals surface area contributed by atoms with Gasteiger partial charge in [-0.1, -0.05) is 0 Å². The Balaban J connectivity index is 2.26. The number of carbonyl (C=O) groups is 1.